The Kier molecular flexibility index (Phi) is 7.34. The van der Waals surface area contributed by atoms with Gasteiger partial charge in [-0.25, -0.2) is 4.98 Å². The van der Waals surface area contributed by atoms with Gasteiger partial charge in [0.2, 0.25) is 0 Å². The maximum absolute atomic E-state index is 15.4. The summed E-state index contributed by atoms with van der Waals surface area (Å²) >= 11 is 0. The van der Waals surface area contributed by atoms with E-state index in [0.29, 0.717) is 23.8 Å². The average Bonchev–Trinajstić information content (AvgIpc) is 3.39. The number of pyridine rings is 1. The van der Waals surface area contributed by atoms with Crippen molar-refractivity contribution in [3.8, 4) is 11.8 Å². The van der Waals surface area contributed by atoms with Crippen molar-refractivity contribution in [2.75, 3.05) is 36.3 Å². The van der Waals surface area contributed by atoms with Crippen molar-refractivity contribution in [3.05, 3.63) is 94.9 Å². The zero-order valence-electron chi connectivity index (χ0n) is 23.3. The number of nitriles is 1. The van der Waals surface area contributed by atoms with Crippen molar-refractivity contribution >= 4 is 29.0 Å². The summed E-state index contributed by atoms with van der Waals surface area (Å²) in [5.74, 6) is -3.53. The van der Waals surface area contributed by atoms with E-state index in [1.807, 2.05) is 13.0 Å². The molecule has 0 saturated heterocycles. The van der Waals surface area contributed by atoms with E-state index in [9.17, 15) is 14.9 Å². The van der Waals surface area contributed by atoms with E-state index in [1.54, 1.807) is 19.0 Å². The molecule has 1 atom stereocenters. The van der Waals surface area contributed by atoms with Gasteiger partial charge in [0.05, 0.1) is 37.1 Å². The molecular weight excluding hydrogens is 544 g/mol. The summed E-state index contributed by atoms with van der Waals surface area (Å²) in [6, 6.07) is 14.2. The molecule has 0 bridgehead atoms. The molecule has 5 rings (SSSR count). The fourth-order valence-electron chi connectivity index (χ4n) is 4.85. The van der Waals surface area contributed by atoms with E-state index < -0.39 is 17.7 Å². The molecule has 10 nitrogen and oxygen atoms in total. The largest absolute Gasteiger partial charge is 0.495 e. The summed E-state index contributed by atoms with van der Waals surface area (Å²) in [5.41, 5.74) is 0.729. The van der Waals surface area contributed by atoms with E-state index in [4.69, 9.17) is 4.74 Å². The normalized spacial score (nSPS) is 14.6. The number of fused-ring (bicyclic) bond motifs is 1. The van der Waals surface area contributed by atoms with Gasteiger partial charge in [-0.2, -0.15) is 19.1 Å². The molecule has 1 N–H and O–H groups in total. The van der Waals surface area contributed by atoms with Gasteiger partial charge in [-0.05, 0) is 49.4 Å². The van der Waals surface area contributed by atoms with Crippen LogP contribution in [0.15, 0.2) is 67.0 Å². The van der Waals surface area contributed by atoms with Crippen LogP contribution in [0.25, 0.3) is 0 Å². The van der Waals surface area contributed by atoms with Gasteiger partial charge >= 0.3 is 0 Å². The lowest BCUT2D eigenvalue weighted by molar-refractivity contribution is 0.0428. The van der Waals surface area contributed by atoms with Crippen molar-refractivity contribution in [1.82, 2.24) is 14.8 Å². The Labute approximate surface area is 240 Å². The molecule has 0 aliphatic carbocycles. The number of nitrogens with one attached hydrogen (secondary N) is 1. The first kappa shape index (κ1) is 28.2. The van der Waals surface area contributed by atoms with Gasteiger partial charge in [-0.15, -0.1) is 0 Å². The summed E-state index contributed by atoms with van der Waals surface area (Å²) in [4.78, 5) is 33.9. The summed E-state index contributed by atoms with van der Waals surface area (Å²) in [6.45, 7) is 2.14. The standard InChI is InChI=1S/C30H27F2N7O3/c1-18-17-38-27(24(16-35-38)36-28(40)19-5-10-25(42-4)20(13-19)15-33)29(41)39(18)23-8-6-21(7-9-23)30(31,32)22-11-12-34-26(14-22)37(2)3/h5-14,16,18H,17H2,1-4H3,(H,36,40)/t18-/m0/s1. The predicted molar refractivity (Wildman–Crippen MR) is 152 cm³/mol. The van der Waals surface area contributed by atoms with Crippen molar-refractivity contribution in [3.63, 3.8) is 0 Å². The maximum Gasteiger partial charge on any atom is 0.298 e. The van der Waals surface area contributed by atoms with Gasteiger partial charge in [0.25, 0.3) is 17.7 Å². The third kappa shape index (κ3) is 5.01. The highest BCUT2D eigenvalue weighted by molar-refractivity contribution is 6.13. The number of aromatic nitrogens is 3. The second kappa shape index (κ2) is 10.9. The maximum atomic E-state index is 15.4. The predicted octanol–water partition coefficient (Wildman–Crippen LogP) is 4.67. The molecule has 0 fully saturated rings. The first-order chi connectivity index (χ1) is 20.0. The number of hydrogen-bond acceptors (Lipinski definition) is 7. The van der Waals surface area contributed by atoms with Crippen LogP contribution in [0.1, 0.15) is 44.5 Å². The van der Waals surface area contributed by atoms with Gasteiger partial charge < -0.3 is 19.9 Å². The Hall–Kier alpha value is -5.31. The molecule has 2 amide bonds. The topological polar surface area (TPSA) is 116 Å². The number of halogens is 2. The smallest absolute Gasteiger partial charge is 0.298 e. The molecule has 0 unspecified atom stereocenters. The van der Waals surface area contributed by atoms with Crippen molar-refractivity contribution in [2.45, 2.75) is 25.4 Å². The lowest BCUT2D eigenvalue weighted by Crippen LogP contribution is -2.47. The Bertz CT molecular complexity index is 1710. The molecule has 2 aromatic heterocycles. The highest BCUT2D eigenvalue weighted by atomic mass is 19.3. The molecule has 2 aromatic carbocycles. The molecule has 42 heavy (non-hydrogen) atoms. The van der Waals surface area contributed by atoms with E-state index in [2.05, 4.69) is 15.4 Å². The lowest BCUT2D eigenvalue weighted by Gasteiger charge is -2.34. The SMILES string of the molecule is COc1ccc(C(=O)Nc2cnn3c2C(=O)N(c2ccc(C(F)(F)c4ccnc(N(C)C)c4)cc2)[C@@H](C)C3)cc1C#N. The minimum atomic E-state index is -3.29. The van der Waals surface area contributed by atoms with Crippen molar-refractivity contribution in [2.24, 2.45) is 0 Å². The van der Waals surface area contributed by atoms with Gasteiger partial charge in [0.15, 0.2) is 0 Å². The number of amides is 2. The summed E-state index contributed by atoms with van der Waals surface area (Å²) in [6.07, 6.45) is 2.73. The third-order valence-electron chi connectivity index (χ3n) is 7.04. The molecule has 0 spiro atoms. The number of rotatable bonds is 7. The van der Waals surface area contributed by atoms with Crippen LogP contribution in [0.3, 0.4) is 0 Å². The van der Waals surface area contributed by atoms with Crippen molar-refractivity contribution in [1.29, 1.82) is 5.26 Å². The quantitative estimate of drug-likeness (QED) is 0.343. The number of hydrogen-bond donors (Lipinski definition) is 1. The van der Waals surface area contributed by atoms with Crippen LogP contribution in [0.5, 0.6) is 5.75 Å². The van der Waals surface area contributed by atoms with Gasteiger partial charge in [-0.3, -0.25) is 14.3 Å². The Morgan fingerprint density at radius 2 is 1.88 bits per heavy atom. The van der Waals surface area contributed by atoms with Gasteiger partial charge in [0, 0.05) is 42.7 Å². The van der Waals surface area contributed by atoms with Crippen LogP contribution in [-0.2, 0) is 12.5 Å². The third-order valence-corrected chi connectivity index (χ3v) is 7.04. The zero-order valence-corrected chi connectivity index (χ0v) is 23.3. The minimum absolute atomic E-state index is 0.151. The zero-order chi connectivity index (χ0) is 30.2. The molecule has 1 aliphatic heterocycles. The second-order valence-corrected chi connectivity index (χ2v) is 10.0. The number of carbonyl (C=O) groups is 2. The highest BCUT2D eigenvalue weighted by Gasteiger charge is 2.37. The molecule has 0 saturated carbocycles. The van der Waals surface area contributed by atoms with E-state index in [1.165, 1.54) is 83.7 Å². The van der Waals surface area contributed by atoms with Crippen LogP contribution in [0, 0.1) is 11.3 Å². The van der Waals surface area contributed by atoms with Crippen LogP contribution < -0.4 is 19.9 Å². The second-order valence-electron chi connectivity index (χ2n) is 10.0. The van der Waals surface area contributed by atoms with E-state index in [-0.39, 0.29) is 39.7 Å². The van der Waals surface area contributed by atoms with Gasteiger partial charge in [0.1, 0.15) is 23.3 Å². The molecule has 12 heteroatoms. The first-order valence-electron chi connectivity index (χ1n) is 13.0. The first-order valence-corrected chi connectivity index (χ1v) is 13.0. The fourth-order valence-corrected chi connectivity index (χ4v) is 4.85. The average molecular weight is 572 g/mol. The number of benzene rings is 2. The number of nitrogens with zero attached hydrogens (tertiary/aromatic N) is 6. The minimum Gasteiger partial charge on any atom is -0.495 e. The van der Waals surface area contributed by atoms with Crippen LogP contribution in [-0.4, -0.2) is 53.8 Å². The Balaban J connectivity index is 1.40. The van der Waals surface area contributed by atoms with Crippen LogP contribution in [0.2, 0.25) is 0 Å². The Morgan fingerprint density at radius 1 is 1.14 bits per heavy atom. The van der Waals surface area contributed by atoms with Gasteiger partial charge in [-0.1, -0.05) is 12.1 Å². The molecular formula is C30H27F2N7O3. The number of carbonyl (C=O) groups excluding carboxylic acids is 2. The number of anilines is 3. The summed E-state index contributed by atoms with van der Waals surface area (Å²) < 4.78 is 37.5. The monoisotopic (exact) mass is 571 g/mol. The summed E-state index contributed by atoms with van der Waals surface area (Å²) in [7, 11) is 4.87. The number of alkyl halides is 2. The number of methoxy groups -OCH3 is 1. The van der Waals surface area contributed by atoms with Crippen LogP contribution >= 0.6 is 0 Å². The van der Waals surface area contributed by atoms with Crippen LogP contribution in [0.4, 0.5) is 26.0 Å². The molecule has 0 radical (unpaired) electrons. The molecule has 214 valence electrons. The lowest BCUT2D eigenvalue weighted by atomic mass is 10.00. The van der Waals surface area contributed by atoms with Crippen molar-refractivity contribution < 1.29 is 23.1 Å². The Morgan fingerprint density at radius 3 is 2.55 bits per heavy atom. The summed E-state index contributed by atoms with van der Waals surface area (Å²) in [5, 5.41) is 16.3. The number of ether oxygens (including phenoxy) is 1. The molecule has 1 aliphatic rings. The molecule has 4 aromatic rings. The van der Waals surface area contributed by atoms with E-state index in [0.717, 1.165) is 0 Å². The fraction of sp³-hybridized carbons (Fsp3) is 0.233. The molecule has 3 heterocycles. The van der Waals surface area contributed by atoms with E-state index >= 15 is 8.78 Å². The highest BCUT2D eigenvalue weighted by Crippen LogP contribution is 2.38.